The Kier molecular flexibility index (Phi) is 15.7. The lowest BCUT2D eigenvalue weighted by Gasteiger charge is -2.60. The molecular formula is C45H61Cl2F4N7O7. The van der Waals surface area contributed by atoms with Crippen molar-refractivity contribution >= 4 is 64.6 Å². The van der Waals surface area contributed by atoms with Crippen LogP contribution in [0.15, 0.2) is 18.2 Å². The van der Waals surface area contributed by atoms with Crippen LogP contribution < -0.4 is 21.3 Å². The summed E-state index contributed by atoms with van der Waals surface area (Å²) in [6.45, 7) is 5.03. The molecule has 7 amide bonds. The minimum atomic E-state index is -4.90. The van der Waals surface area contributed by atoms with Crippen LogP contribution in [0.4, 0.5) is 17.6 Å². The Morgan fingerprint density at radius 1 is 0.969 bits per heavy atom. The van der Waals surface area contributed by atoms with Crippen LogP contribution in [0.25, 0.3) is 0 Å². The van der Waals surface area contributed by atoms with Gasteiger partial charge in [0.2, 0.25) is 41.4 Å². The molecule has 5 fully saturated rings. The summed E-state index contributed by atoms with van der Waals surface area (Å²) in [5, 5.41) is 11.5. The highest BCUT2D eigenvalue weighted by Gasteiger charge is 2.73. The number of halogens is 6. The average Bonchev–Trinajstić information content (AvgIpc) is 3.87. The molecule has 3 aliphatic heterocycles. The van der Waals surface area contributed by atoms with E-state index in [2.05, 4.69) is 21.3 Å². The topological polar surface area (TPSA) is 177 Å². The number of fused-ring (bicyclic) bond motifs is 1. The number of nitrogens with zero attached hydrogens (tertiary/aromatic N) is 3. The zero-order valence-electron chi connectivity index (χ0n) is 37.3. The van der Waals surface area contributed by atoms with E-state index in [1.807, 2.05) is 13.8 Å². The van der Waals surface area contributed by atoms with E-state index in [1.165, 1.54) is 16.8 Å². The van der Waals surface area contributed by atoms with Crippen LogP contribution in [-0.2, 0) is 40.0 Å². The first-order chi connectivity index (χ1) is 30.6. The van der Waals surface area contributed by atoms with Crippen LogP contribution in [0.5, 0.6) is 0 Å². The van der Waals surface area contributed by atoms with Gasteiger partial charge in [0.1, 0.15) is 47.8 Å². The van der Waals surface area contributed by atoms with Gasteiger partial charge in [0.15, 0.2) is 0 Å². The molecule has 1 spiro atoms. The maximum Gasteiger partial charge on any atom is 0.403 e. The number of benzene rings is 1. The summed E-state index contributed by atoms with van der Waals surface area (Å²) in [6, 6.07) is -2.59. The molecule has 20 heteroatoms. The standard InChI is InChI=1S/C45H61Cl2F4N7O7/c1-5-30(53-39(62)34-21-28(48)22-58(34)42(65)44(45(49,50)51)23-43(24-44)14-9-15-43)36(59)54-31-10-6-7-16-52-38(61)33-11-8-17-57(33)41(64)35(20-26-19-27(46)12-13-29(26)47)56(4)40(63)32(18-25(2)3)55-37(31)60/h12-13,19,25,28,30-35H,5-11,14-18,20-24H2,1-4H3,(H,52,61)(H,53,62)(H,54,59)(H,55,60)/t28-,30+,31+,32+,33-,34+,35+/m1/s1. The van der Waals surface area contributed by atoms with E-state index in [-0.39, 0.29) is 50.6 Å². The van der Waals surface area contributed by atoms with Gasteiger partial charge in [-0.25, -0.2) is 4.39 Å². The lowest BCUT2D eigenvalue weighted by Crippen LogP contribution is -2.66. The van der Waals surface area contributed by atoms with Gasteiger partial charge >= 0.3 is 6.18 Å². The fraction of sp³-hybridized carbons (Fsp3) is 0.711. The summed E-state index contributed by atoms with van der Waals surface area (Å²) in [6.07, 6.45) is -4.40. The molecule has 4 N–H and O–H groups in total. The second-order valence-electron chi connectivity index (χ2n) is 19.2. The number of rotatable bonds is 10. The van der Waals surface area contributed by atoms with Crippen molar-refractivity contribution in [1.29, 1.82) is 0 Å². The molecule has 0 bridgehead atoms. The van der Waals surface area contributed by atoms with Crippen molar-refractivity contribution < 1.29 is 51.1 Å². The smallest absolute Gasteiger partial charge is 0.354 e. The van der Waals surface area contributed by atoms with E-state index in [0.717, 1.165) is 6.42 Å². The van der Waals surface area contributed by atoms with Crippen molar-refractivity contribution in [2.24, 2.45) is 16.7 Å². The second kappa shape index (κ2) is 20.4. The lowest BCUT2D eigenvalue weighted by atomic mass is 9.44. The molecule has 6 rings (SSSR count). The Morgan fingerprint density at radius 2 is 1.68 bits per heavy atom. The van der Waals surface area contributed by atoms with Gasteiger partial charge in [-0.1, -0.05) is 50.4 Å². The molecular weight excluding hydrogens is 897 g/mol. The van der Waals surface area contributed by atoms with E-state index in [9.17, 15) is 51.1 Å². The summed E-state index contributed by atoms with van der Waals surface area (Å²) in [5.41, 5.74) is -2.80. The quantitative estimate of drug-likeness (QED) is 0.238. The maximum absolute atomic E-state index is 14.9. The minimum absolute atomic E-state index is 0.0373. The van der Waals surface area contributed by atoms with Crippen molar-refractivity contribution in [1.82, 2.24) is 36.0 Å². The minimum Gasteiger partial charge on any atom is -0.354 e. The molecule has 0 radical (unpaired) electrons. The van der Waals surface area contributed by atoms with Crippen molar-refractivity contribution in [2.45, 2.75) is 159 Å². The van der Waals surface area contributed by atoms with Crippen LogP contribution >= 0.6 is 23.2 Å². The van der Waals surface area contributed by atoms with Gasteiger partial charge in [0.25, 0.3) is 0 Å². The maximum atomic E-state index is 14.9. The fourth-order valence-electron chi connectivity index (χ4n) is 10.4. The summed E-state index contributed by atoms with van der Waals surface area (Å²) < 4.78 is 58.6. The van der Waals surface area contributed by atoms with Gasteiger partial charge in [-0.3, -0.25) is 33.6 Å². The van der Waals surface area contributed by atoms with Crippen LogP contribution in [0.2, 0.25) is 10.0 Å². The summed E-state index contributed by atoms with van der Waals surface area (Å²) in [4.78, 5) is 102. The van der Waals surface area contributed by atoms with Gasteiger partial charge in [-0.15, -0.1) is 0 Å². The van der Waals surface area contributed by atoms with Gasteiger partial charge in [0.05, 0.1) is 6.54 Å². The van der Waals surface area contributed by atoms with Crippen molar-refractivity contribution in [2.75, 3.05) is 26.7 Å². The Morgan fingerprint density at radius 3 is 2.31 bits per heavy atom. The molecule has 14 nitrogen and oxygen atoms in total. The summed E-state index contributed by atoms with van der Waals surface area (Å²) in [5.74, 6) is -5.50. The summed E-state index contributed by atoms with van der Waals surface area (Å²) >= 11 is 12.9. The molecule has 2 aliphatic carbocycles. The highest BCUT2D eigenvalue weighted by atomic mass is 35.5. The molecule has 1 aromatic rings. The van der Waals surface area contributed by atoms with E-state index < -0.39 is 121 Å². The van der Waals surface area contributed by atoms with Crippen molar-refractivity contribution in [3.63, 3.8) is 0 Å². The molecule has 0 aromatic heterocycles. The monoisotopic (exact) mass is 957 g/mol. The van der Waals surface area contributed by atoms with Gasteiger partial charge in [0, 0.05) is 43.0 Å². The number of likely N-dealkylation sites (tertiary alicyclic amines) is 1. The Labute approximate surface area is 387 Å². The highest BCUT2D eigenvalue weighted by Crippen LogP contribution is 2.69. The van der Waals surface area contributed by atoms with E-state index in [0.29, 0.717) is 59.0 Å². The van der Waals surface area contributed by atoms with Crippen LogP contribution in [0.3, 0.4) is 0 Å². The molecule has 65 heavy (non-hydrogen) atoms. The van der Waals surface area contributed by atoms with E-state index in [1.54, 1.807) is 25.1 Å². The summed E-state index contributed by atoms with van der Waals surface area (Å²) in [7, 11) is 1.44. The number of alkyl halides is 4. The van der Waals surface area contributed by atoms with Crippen LogP contribution in [-0.4, -0.2) is 131 Å². The Bertz CT molecular complexity index is 2000. The molecule has 1 aromatic carbocycles. The zero-order chi connectivity index (χ0) is 47.6. The highest BCUT2D eigenvalue weighted by molar-refractivity contribution is 6.33. The number of nitrogens with one attached hydrogen (secondary N) is 4. The first kappa shape index (κ1) is 50.2. The van der Waals surface area contributed by atoms with Crippen molar-refractivity contribution in [3.8, 4) is 0 Å². The molecule has 3 heterocycles. The third-order valence-corrected chi connectivity index (χ3v) is 14.7. The van der Waals surface area contributed by atoms with E-state index in [4.69, 9.17) is 23.2 Å². The normalized spacial score (nSPS) is 28.0. The molecule has 5 aliphatic rings. The molecule has 3 saturated heterocycles. The van der Waals surface area contributed by atoms with Gasteiger partial charge < -0.3 is 36.0 Å². The third-order valence-electron chi connectivity index (χ3n) is 14.1. The molecule has 0 unspecified atom stereocenters. The predicted molar refractivity (Wildman–Crippen MR) is 233 cm³/mol. The number of carbonyl (C=O) groups excluding carboxylic acids is 7. The van der Waals surface area contributed by atoms with Crippen molar-refractivity contribution in [3.05, 3.63) is 33.8 Å². The largest absolute Gasteiger partial charge is 0.403 e. The fourth-order valence-corrected chi connectivity index (χ4v) is 10.8. The predicted octanol–water partition coefficient (Wildman–Crippen LogP) is 5.02. The van der Waals surface area contributed by atoms with Gasteiger partial charge in [-0.2, -0.15) is 13.2 Å². The van der Waals surface area contributed by atoms with Crippen LogP contribution in [0, 0.1) is 16.7 Å². The molecule has 2 saturated carbocycles. The van der Waals surface area contributed by atoms with Gasteiger partial charge in [-0.05, 0) is 106 Å². The number of carbonyl (C=O) groups is 7. The average molecular weight is 959 g/mol. The molecule has 360 valence electrons. The number of hydrogen-bond acceptors (Lipinski definition) is 7. The zero-order valence-corrected chi connectivity index (χ0v) is 38.9. The second-order valence-corrected chi connectivity index (χ2v) is 20.0. The first-order valence-electron chi connectivity index (χ1n) is 22.8. The van der Waals surface area contributed by atoms with E-state index >= 15 is 0 Å². The third kappa shape index (κ3) is 10.8. The number of likely N-dealkylation sites (N-methyl/N-ethyl adjacent to an activating group) is 1. The SMILES string of the molecule is CC[C@H](NC(=O)[C@@H]1C[C@@H](F)CN1C(=O)C1(C(F)(F)F)CC2(CCC2)C1)C(=O)N[C@H]1CCCCNC(=O)[C@H]2CCCN2C(=O)[C@H](Cc2cc(Cl)ccc2Cl)N(C)C(=O)[C@H](CC(C)C)NC1=O. The number of hydrogen-bond donors (Lipinski definition) is 4. The Balaban J connectivity index is 1.21. The molecule has 7 atom stereocenters. The number of amides is 7. The Hall–Kier alpha value is -4.19. The lowest BCUT2D eigenvalue weighted by molar-refractivity contribution is -0.285. The first-order valence-corrected chi connectivity index (χ1v) is 23.6. The van der Waals surface area contributed by atoms with Crippen LogP contribution in [0.1, 0.15) is 110 Å².